The lowest BCUT2D eigenvalue weighted by Crippen LogP contribution is -2.47. The van der Waals surface area contributed by atoms with Crippen molar-refractivity contribution in [1.82, 2.24) is 4.90 Å². The van der Waals surface area contributed by atoms with Gasteiger partial charge in [-0.25, -0.2) is 0 Å². The number of rotatable bonds is 7. The van der Waals surface area contributed by atoms with Crippen molar-refractivity contribution < 1.29 is 4.74 Å². The van der Waals surface area contributed by atoms with E-state index in [-0.39, 0.29) is 5.41 Å². The molecule has 0 amide bonds. The zero-order valence-corrected chi connectivity index (χ0v) is 12.7. The van der Waals surface area contributed by atoms with E-state index in [4.69, 9.17) is 10.5 Å². The molecule has 3 heteroatoms. The van der Waals surface area contributed by atoms with Gasteiger partial charge in [0.15, 0.2) is 0 Å². The van der Waals surface area contributed by atoms with Crippen LogP contribution in [0.5, 0.6) is 0 Å². The lowest BCUT2D eigenvalue weighted by Gasteiger charge is -2.40. The van der Waals surface area contributed by atoms with Crippen molar-refractivity contribution in [3.8, 4) is 0 Å². The maximum atomic E-state index is 5.86. The number of ether oxygens (including phenoxy) is 1. The van der Waals surface area contributed by atoms with Crippen LogP contribution in [0.4, 0.5) is 0 Å². The molecule has 0 radical (unpaired) electrons. The molecule has 1 heterocycles. The number of hydrogen-bond donors (Lipinski definition) is 1. The van der Waals surface area contributed by atoms with Gasteiger partial charge >= 0.3 is 0 Å². The zero-order chi connectivity index (χ0) is 13.6. The predicted molar refractivity (Wildman–Crippen MR) is 77.8 cm³/mol. The van der Waals surface area contributed by atoms with Crippen molar-refractivity contribution >= 4 is 0 Å². The Balaban J connectivity index is 2.53. The van der Waals surface area contributed by atoms with Gasteiger partial charge in [0.1, 0.15) is 0 Å². The summed E-state index contributed by atoms with van der Waals surface area (Å²) in [6, 6.07) is 0.686. The van der Waals surface area contributed by atoms with E-state index < -0.39 is 0 Å². The second kappa shape index (κ2) is 7.46. The normalized spacial score (nSPS) is 25.7. The third-order valence-electron chi connectivity index (χ3n) is 4.06. The largest absolute Gasteiger partial charge is 0.378 e. The smallest absolute Gasteiger partial charge is 0.0590 e. The van der Waals surface area contributed by atoms with Crippen LogP contribution < -0.4 is 5.73 Å². The Hall–Kier alpha value is -0.120. The van der Waals surface area contributed by atoms with Crippen LogP contribution in [0.2, 0.25) is 0 Å². The molecule has 0 aliphatic carbocycles. The summed E-state index contributed by atoms with van der Waals surface area (Å²) in [6.07, 6.45) is 5.27. The van der Waals surface area contributed by atoms with Gasteiger partial charge in [0, 0.05) is 19.2 Å². The fraction of sp³-hybridized carbons (Fsp3) is 1.00. The second-order valence-corrected chi connectivity index (χ2v) is 6.39. The van der Waals surface area contributed by atoms with Gasteiger partial charge in [0.25, 0.3) is 0 Å². The molecular weight excluding hydrogens is 224 g/mol. The first kappa shape index (κ1) is 15.9. The highest BCUT2D eigenvalue weighted by Gasteiger charge is 2.29. The Morgan fingerprint density at radius 1 is 1.33 bits per heavy atom. The average molecular weight is 256 g/mol. The summed E-state index contributed by atoms with van der Waals surface area (Å²) in [7, 11) is 0. The van der Waals surface area contributed by atoms with E-state index in [0.717, 1.165) is 26.2 Å². The molecule has 2 atom stereocenters. The first-order chi connectivity index (χ1) is 8.52. The molecule has 0 spiro atoms. The third-order valence-corrected chi connectivity index (χ3v) is 4.06. The molecule has 0 bridgehead atoms. The highest BCUT2D eigenvalue weighted by molar-refractivity contribution is 4.83. The fourth-order valence-electron chi connectivity index (χ4n) is 2.83. The number of hydrogen-bond acceptors (Lipinski definition) is 3. The molecule has 1 aliphatic heterocycles. The van der Waals surface area contributed by atoms with Gasteiger partial charge in [-0.3, -0.25) is 4.90 Å². The van der Waals surface area contributed by atoms with Crippen molar-refractivity contribution in [3.63, 3.8) is 0 Å². The minimum Gasteiger partial charge on any atom is -0.378 e. The van der Waals surface area contributed by atoms with Crippen LogP contribution in [0.3, 0.4) is 0 Å². The van der Waals surface area contributed by atoms with Gasteiger partial charge < -0.3 is 10.5 Å². The molecule has 1 rings (SSSR count). The van der Waals surface area contributed by atoms with E-state index >= 15 is 0 Å². The molecular formula is C15H32N2O. The molecule has 2 N–H and O–H groups in total. The monoisotopic (exact) mass is 256 g/mol. The van der Waals surface area contributed by atoms with Crippen molar-refractivity contribution in [2.75, 3.05) is 26.2 Å². The van der Waals surface area contributed by atoms with Crippen LogP contribution in [0, 0.1) is 5.41 Å². The topological polar surface area (TPSA) is 38.5 Å². The lowest BCUT2D eigenvalue weighted by atomic mass is 9.90. The van der Waals surface area contributed by atoms with Crippen LogP contribution in [-0.2, 0) is 4.74 Å². The number of nitrogens with two attached hydrogens (primary N) is 1. The van der Waals surface area contributed by atoms with Gasteiger partial charge in [-0.1, -0.05) is 34.1 Å². The fourth-order valence-corrected chi connectivity index (χ4v) is 2.83. The van der Waals surface area contributed by atoms with Crippen LogP contribution >= 0.6 is 0 Å². The lowest BCUT2D eigenvalue weighted by molar-refractivity contribution is -0.0356. The van der Waals surface area contributed by atoms with E-state index in [1.807, 2.05) is 0 Å². The summed E-state index contributed by atoms with van der Waals surface area (Å²) in [5.41, 5.74) is 6.08. The molecule has 1 saturated heterocycles. The predicted octanol–water partition coefficient (Wildman–Crippen LogP) is 2.64. The van der Waals surface area contributed by atoms with Crippen LogP contribution in [0.25, 0.3) is 0 Å². The van der Waals surface area contributed by atoms with E-state index in [2.05, 4.69) is 32.6 Å². The van der Waals surface area contributed by atoms with Gasteiger partial charge in [0.2, 0.25) is 0 Å². The van der Waals surface area contributed by atoms with Gasteiger partial charge in [0.05, 0.1) is 6.10 Å². The van der Waals surface area contributed by atoms with Gasteiger partial charge in [-0.05, 0) is 37.8 Å². The highest BCUT2D eigenvalue weighted by atomic mass is 16.5. The molecule has 1 fully saturated rings. The third kappa shape index (κ3) is 4.87. The maximum Gasteiger partial charge on any atom is 0.0590 e. The highest BCUT2D eigenvalue weighted by Crippen LogP contribution is 2.25. The standard InChI is InChI=1S/C15H32N2O/c1-5-7-14-10-13(8-9-18-14)17(6-2)12-15(3,4)11-16/h13-14H,5-12,16H2,1-4H3. The Labute approximate surface area is 113 Å². The van der Waals surface area contributed by atoms with Crippen LogP contribution in [0.15, 0.2) is 0 Å². The van der Waals surface area contributed by atoms with Crippen molar-refractivity contribution in [2.45, 2.75) is 65.5 Å². The molecule has 0 aromatic rings. The molecule has 0 saturated carbocycles. The van der Waals surface area contributed by atoms with E-state index in [0.29, 0.717) is 12.1 Å². The van der Waals surface area contributed by atoms with Crippen LogP contribution in [-0.4, -0.2) is 43.3 Å². The second-order valence-electron chi connectivity index (χ2n) is 6.39. The van der Waals surface area contributed by atoms with Gasteiger partial charge in [-0.2, -0.15) is 0 Å². The maximum absolute atomic E-state index is 5.86. The molecule has 3 nitrogen and oxygen atoms in total. The SMILES string of the molecule is CCCC1CC(N(CC)CC(C)(C)CN)CCO1. The van der Waals surface area contributed by atoms with Crippen molar-refractivity contribution in [3.05, 3.63) is 0 Å². The Morgan fingerprint density at radius 3 is 2.61 bits per heavy atom. The quantitative estimate of drug-likeness (QED) is 0.761. The number of nitrogens with zero attached hydrogens (tertiary/aromatic N) is 1. The first-order valence-corrected chi connectivity index (χ1v) is 7.58. The summed E-state index contributed by atoms with van der Waals surface area (Å²) >= 11 is 0. The Kier molecular flexibility index (Phi) is 6.61. The van der Waals surface area contributed by atoms with Crippen LogP contribution in [0.1, 0.15) is 53.4 Å². The molecule has 108 valence electrons. The Morgan fingerprint density at radius 2 is 2.06 bits per heavy atom. The van der Waals surface area contributed by atoms with E-state index in [1.165, 1.54) is 25.7 Å². The summed E-state index contributed by atoms with van der Waals surface area (Å²) in [5.74, 6) is 0. The molecule has 0 aromatic heterocycles. The first-order valence-electron chi connectivity index (χ1n) is 7.58. The van der Waals surface area contributed by atoms with E-state index in [1.54, 1.807) is 0 Å². The summed E-state index contributed by atoms with van der Waals surface area (Å²) < 4.78 is 5.85. The molecule has 0 aromatic carbocycles. The minimum absolute atomic E-state index is 0.217. The molecule has 2 unspecified atom stereocenters. The van der Waals surface area contributed by atoms with Crippen molar-refractivity contribution in [1.29, 1.82) is 0 Å². The molecule has 18 heavy (non-hydrogen) atoms. The average Bonchev–Trinajstić information content (AvgIpc) is 2.37. The summed E-state index contributed by atoms with van der Waals surface area (Å²) in [6.45, 7) is 12.9. The van der Waals surface area contributed by atoms with E-state index in [9.17, 15) is 0 Å². The summed E-state index contributed by atoms with van der Waals surface area (Å²) in [4.78, 5) is 2.61. The summed E-state index contributed by atoms with van der Waals surface area (Å²) in [5, 5.41) is 0. The molecule has 1 aliphatic rings. The van der Waals surface area contributed by atoms with Gasteiger partial charge in [-0.15, -0.1) is 0 Å². The Bertz CT molecular complexity index is 229. The minimum atomic E-state index is 0.217. The van der Waals surface area contributed by atoms with Crippen molar-refractivity contribution in [2.24, 2.45) is 11.1 Å². The zero-order valence-electron chi connectivity index (χ0n) is 12.7.